The Morgan fingerprint density at radius 2 is 1.13 bits per heavy atom. The molecule has 0 N–H and O–H groups in total. The maximum atomic E-state index is 2.49. The first-order valence-electron chi connectivity index (χ1n) is 6.74. The molecule has 2 rings (SSSR count). The highest BCUT2D eigenvalue weighted by Gasteiger charge is 2.10. The predicted molar refractivity (Wildman–Crippen MR) is 67.3 cm³/mol. The van der Waals surface area contributed by atoms with Crippen LogP contribution in [0, 0.1) is 0 Å². The number of hydrogen-bond acceptors (Lipinski definition) is 2. The summed E-state index contributed by atoms with van der Waals surface area (Å²) >= 11 is 0. The van der Waals surface area contributed by atoms with Crippen molar-refractivity contribution < 1.29 is 0 Å². The van der Waals surface area contributed by atoms with Crippen LogP contribution < -0.4 is 0 Å². The van der Waals surface area contributed by atoms with E-state index in [1.807, 2.05) is 0 Å². The molecule has 1 aliphatic heterocycles. The van der Waals surface area contributed by atoms with E-state index in [9.17, 15) is 0 Å². The highest BCUT2D eigenvalue weighted by molar-refractivity contribution is 4.66. The van der Waals surface area contributed by atoms with Crippen LogP contribution in [0.15, 0.2) is 0 Å². The Hall–Kier alpha value is -0.0800. The van der Waals surface area contributed by atoms with Gasteiger partial charge in [-0.15, -0.1) is 0 Å². The van der Waals surface area contributed by atoms with E-state index < -0.39 is 0 Å². The number of hydrogen-bond donors (Lipinski definition) is 0. The lowest BCUT2D eigenvalue weighted by Crippen LogP contribution is -2.44. The predicted octanol–water partition coefficient (Wildman–Crippen LogP) is 2.59. The SMILES string of the molecule is C1CCCCC1.CCN1CCN(C)CC1. The second-order valence-electron chi connectivity index (χ2n) is 4.86. The summed E-state index contributed by atoms with van der Waals surface area (Å²) in [4.78, 5) is 4.87. The average molecular weight is 212 g/mol. The molecular formula is C13H28N2. The standard InChI is InChI=1S/C7H16N2.C6H12/c1-3-9-6-4-8(2)5-7-9;1-2-4-6-5-3-1/h3-7H2,1-2H3;1-6H2. The molecule has 2 nitrogen and oxygen atoms in total. The lowest BCUT2D eigenvalue weighted by atomic mass is 10.0. The van der Waals surface area contributed by atoms with Gasteiger partial charge in [-0.1, -0.05) is 45.4 Å². The molecule has 1 heterocycles. The van der Waals surface area contributed by atoms with Gasteiger partial charge in [-0.25, -0.2) is 0 Å². The van der Waals surface area contributed by atoms with Crippen molar-refractivity contribution in [3.63, 3.8) is 0 Å². The molecule has 0 aromatic heterocycles. The molecule has 15 heavy (non-hydrogen) atoms. The lowest BCUT2D eigenvalue weighted by Gasteiger charge is -2.31. The molecule has 0 aromatic rings. The van der Waals surface area contributed by atoms with E-state index in [1.165, 1.54) is 71.2 Å². The summed E-state index contributed by atoms with van der Waals surface area (Å²) in [6, 6.07) is 0. The molecule has 0 atom stereocenters. The second-order valence-corrected chi connectivity index (χ2v) is 4.86. The zero-order valence-electron chi connectivity index (χ0n) is 10.7. The molecule has 0 aromatic carbocycles. The summed E-state index contributed by atoms with van der Waals surface area (Å²) in [5.74, 6) is 0. The third-order valence-corrected chi connectivity index (χ3v) is 3.54. The fourth-order valence-electron chi connectivity index (χ4n) is 2.22. The lowest BCUT2D eigenvalue weighted by molar-refractivity contribution is 0.160. The molecule has 2 heteroatoms. The normalized spacial score (nSPS) is 24.4. The minimum Gasteiger partial charge on any atom is -0.304 e. The van der Waals surface area contributed by atoms with Crippen LogP contribution in [-0.4, -0.2) is 49.6 Å². The van der Waals surface area contributed by atoms with Crippen molar-refractivity contribution >= 4 is 0 Å². The third-order valence-electron chi connectivity index (χ3n) is 3.54. The molecule has 0 amide bonds. The largest absolute Gasteiger partial charge is 0.304 e. The van der Waals surface area contributed by atoms with Gasteiger partial charge in [0.25, 0.3) is 0 Å². The van der Waals surface area contributed by atoms with Crippen LogP contribution in [0.25, 0.3) is 0 Å². The molecule has 0 radical (unpaired) electrons. The van der Waals surface area contributed by atoms with E-state index in [-0.39, 0.29) is 0 Å². The van der Waals surface area contributed by atoms with Crippen LogP contribution in [0.5, 0.6) is 0 Å². The molecule has 1 saturated heterocycles. The van der Waals surface area contributed by atoms with Crippen molar-refractivity contribution in [2.75, 3.05) is 39.8 Å². The van der Waals surface area contributed by atoms with E-state index >= 15 is 0 Å². The zero-order chi connectivity index (χ0) is 10.9. The van der Waals surface area contributed by atoms with Crippen molar-refractivity contribution in [3.05, 3.63) is 0 Å². The Balaban J connectivity index is 0.000000162. The summed E-state index contributed by atoms with van der Waals surface area (Å²) in [6.45, 7) is 8.45. The highest BCUT2D eigenvalue weighted by Crippen LogP contribution is 2.15. The van der Waals surface area contributed by atoms with Gasteiger partial charge < -0.3 is 9.80 Å². The fraction of sp³-hybridized carbons (Fsp3) is 1.00. The average Bonchev–Trinajstić information content (AvgIpc) is 2.33. The topological polar surface area (TPSA) is 6.48 Å². The van der Waals surface area contributed by atoms with Crippen molar-refractivity contribution in [2.45, 2.75) is 45.4 Å². The van der Waals surface area contributed by atoms with Gasteiger partial charge in [0.1, 0.15) is 0 Å². The van der Waals surface area contributed by atoms with Crippen LogP contribution in [0.4, 0.5) is 0 Å². The summed E-state index contributed by atoms with van der Waals surface area (Å²) in [5.41, 5.74) is 0. The first-order valence-corrected chi connectivity index (χ1v) is 6.74. The van der Waals surface area contributed by atoms with Gasteiger partial charge in [0, 0.05) is 26.2 Å². The molecular weight excluding hydrogens is 184 g/mol. The van der Waals surface area contributed by atoms with Crippen molar-refractivity contribution in [1.29, 1.82) is 0 Å². The van der Waals surface area contributed by atoms with E-state index in [4.69, 9.17) is 0 Å². The van der Waals surface area contributed by atoms with Gasteiger partial charge in [-0.2, -0.15) is 0 Å². The van der Waals surface area contributed by atoms with E-state index in [1.54, 1.807) is 0 Å². The molecule has 1 saturated carbocycles. The monoisotopic (exact) mass is 212 g/mol. The fourth-order valence-corrected chi connectivity index (χ4v) is 2.22. The van der Waals surface area contributed by atoms with Gasteiger partial charge in [-0.05, 0) is 13.6 Å². The Morgan fingerprint density at radius 3 is 1.47 bits per heavy atom. The molecule has 0 spiro atoms. The van der Waals surface area contributed by atoms with Gasteiger partial charge in [0.15, 0.2) is 0 Å². The molecule has 2 fully saturated rings. The van der Waals surface area contributed by atoms with Gasteiger partial charge in [-0.3, -0.25) is 0 Å². The van der Waals surface area contributed by atoms with Crippen LogP contribution in [-0.2, 0) is 0 Å². The smallest absolute Gasteiger partial charge is 0.0110 e. The molecule has 90 valence electrons. The maximum absolute atomic E-state index is 2.49. The molecule has 0 unspecified atom stereocenters. The van der Waals surface area contributed by atoms with Crippen LogP contribution in [0.3, 0.4) is 0 Å². The second kappa shape index (κ2) is 8.12. The zero-order valence-corrected chi connectivity index (χ0v) is 10.7. The minimum atomic E-state index is 1.22. The summed E-state index contributed by atoms with van der Waals surface area (Å²) in [7, 11) is 2.19. The van der Waals surface area contributed by atoms with Crippen molar-refractivity contribution in [2.24, 2.45) is 0 Å². The van der Waals surface area contributed by atoms with Crippen LogP contribution in [0.1, 0.15) is 45.4 Å². The van der Waals surface area contributed by atoms with Crippen molar-refractivity contribution in [1.82, 2.24) is 9.80 Å². The Bertz CT molecular complexity index is 124. The van der Waals surface area contributed by atoms with Crippen molar-refractivity contribution in [3.8, 4) is 0 Å². The summed E-state index contributed by atoms with van der Waals surface area (Å²) in [6.07, 6.45) is 9.00. The Morgan fingerprint density at radius 1 is 0.733 bits per heavy atom. The maximum Gasteiger partial charge on any atom is 0.0110 e. The van der Waals surface area contributed by atoms with Crippen LogP contribution >= 0.6 is 0 Å². The molecule has 2 aliphatic rings. The quantitative estimate of drug-likeness (QED) is 0.659. The first kappa shape index (κ1) is 13.0. The third kappa shape index (κ3) is 6.16. The van der Waals surface area contributed by atoms with Gasteiger partial charge in [0.2, 0.25) is 0 Å². The minimum absolute atomic E-state index is 1.22. The van der Waals surface area contributed by atoms with Gasteiger partial charge in [0.05, 0.1) is 0 Å². The van der Waals surface area contributed by atoms with Crippen LogP contribution in [0.2, 0.25) is 0 Å². The van der Waals surface area contributed by atoms with E-state index in [0.29, 0.717) is 0 Å². The number of likely N-dealkylation sites (N-methyl/N-ethyl adjacent to an activating group) is 2. The molecule has 0 bridgehead atoms. The van der Waals surface area contributed by atoms with E-state index in [2.05, 4.69) is 23.8 Å². The highest BCUT2D eigenvalue weighted by atomic mass is 15.2. The number of nitrogens with zero attached hydrogens (tertiary/aromatic N) is 2. The van der Waals surface area contributed by atoms with Gasteiger partial charge >= 0.3 is 0 Å². The summed E-state index contributed by atoms with van der Waals surface area (Å²) < 4.78 is 0. The Kier molecular flexibility index (Phi) is 7.03. The van der Waals surface area contributed by atoms with E-state index in [0.717, 1.165) is 0 Å². The number of rotatable bonds is 1. The number of piperazine rings is 1. The first-order chi connectivity index (χ1) is 7.33. The summed E-state index contributed by atoms with van der Waals surface area (Å²) in [5, 5.41) is 0. The molecule has 1 aliphatic carbocycles. The Labute approximate surface area is 95.6 Å².